The largest absolute Gasteiger partial charge is 0.497 e. The van der Waals surface area contributed by atoms with Gasteiger partial charge in [0.1, 0.15) is 11.5 Å². The summed E-state index contributed by atoms with van der Waals surface area (Å²) in [6.45, 7) is 3.65. The van der Waals surface area contributed by atoms with Crippen LogP contribution in [0.15, 0.2) is 84.9 Å². The number of hydrogen-bond donors (Lipinski definition) is 2. The molecule has 0 amide bonds. The van der Waals surface area contributed by atoms with Crippen LogP contribution in [0.2, 0.25) is 0 Å². The first kappa shape index (κ1) is 22.9. The Labute approximate surface area is 185 Å². The second-order valence-electron chi connectivity index (χ2n) is 8.11. The second-order valence-corrected chi connectivity index (χ2v) is 8.11. The van der Waals surface area contributed by atoms with E-state index < -0.39 is 5.60 Å². The van der Waals surface area contributed by atoms with E-state index in [1.54, 1.807) is 7.11 Å². The average molecular weight is 420 g/mol. The van der Waals surface area contributed by atoms with Gasteiger partial charge in [0.05, 0.1) is 19.3 Å². The van der Waals surface area contributed by atoms with E-state index in [-0.39, 0.29) is 0 Å². The highest BCUT2D eigenvalue weighted by atomic mass is 16.5. The van der Waals surface area contributed by atoms with Crippen LogP contribution in [-0.4, -0.2) is 37.5 Å². The molecule has 0 bridgehead atoms. The lowest BCUT2D eigenvalue weighted by Gasteiger charge is -2.25. The van der Waals surface area contributed by atoms with Crippen LogP contribution in [0, 0.1) is 0 Å². The molecule has 0 saturated heterocycles. The molecule has 3 aromatic rings. The Kier molecular flexibility index (Phi) is 8.51. The molecular formula is C27H33NO3. The quantitative estimate of drug-likeness (QED) is 0.405. The maximum atomic E-state index is 10.7. The zero-order valence-electron chi connectivity index (χ0n) is 18.5. The molecule has 1 unspecified atom stereocenters. The van der Waals surface area contributed by atoms with E-state index >= 15 is 0 Å². The highest BCUT2D eigenvalue weighted by Crippen LogP contribution is 2.27. The van der Waals surface area contributed by atoms with E-state index in [4.69, 9.17) is 9.47 Å². The molecule has 0 aliphatic carbocycles. The zero-order chi connectivity index (χ0) is 21.9. The fourth-order valence-corrected chi connectivity index (χ4v) is 3.65. The lowest BCUT2D eigenvalue weighted by molar-refractivity contribution is 0.0371. The molecule has 1 atom stereocenters. The molecule has 31 heavy (non-hydrogen) atoms. The zero-order valence-corrected chi connectivity index (χ0v) is 18.5. The van der Waals surface area contributed by atoms with Crippen LogP contribution in [-0.2, 0) is 0 Å². The van der Waals surface area contributed by atoms with Gasteiger partial charge < -0.3 is 19.9 Å². The van der Waals surface area contributed by atoms with Crippen molar-refractivity contribution in [3.8, 4) is 11.5 Å². The van der Waals surface area contributed by atoms with Crippen molar-refractivity contribution in [3.63, 3.8) is 0 Å². The van der Waals surface area contributed by atoms with Gasteiger partial charge >= 0.3 is 0 Å². The van der Waals surface area contributed by atoms with Crippen molar-refractivity contribution in [1.29, 1.82) is 0 Å². The molecule has 0 aliphatic rings. The van der Waals surface area contributed by atoms with Gasteiger partial charge in [0.15, 0.2) is 0 Å². The summed E-state index contributed by atoms with van der Waals surface area (Å²) < 4.78 is 10.9. The maximum absolute atomic E-state index is 10.7. The minimum atomic E-state index is -0.832. The van der Waals surface area contributed by atoms with Crippen LogP contribution in [0.3, 0.4) is 0 Å². The van der Waals surface area contributed by atoms with E-state index in [0.717, 1.165) is 24.5 Å². The van der Waals surface area contributed by atoms with Gasteiger partial charge in [-0.3, -0.25) is 0 Å². The fourth-order valence-electron chi connectivity index (χ4n) is 3.65. The van der Waals surface area contributed by atoms with Crippen molar-refractivity contribution in [3.05, 3.63) is 96.1 Å². The number of nitrogens with one attached hydrogen (secondary N) is 1. The fraction of sp³-hybridized carbons (Fsp3) is 0.333. The maximum Gasteiger partial charge on any atom is 0.119 e. The first-order chi connectivity index (χ1) is 15.1. The van der Waals surface area contributed by atoms with Crippen molar-refractivity contribution in [2.75, 3.05) is 26.8 Å². The summed E-state index contributed by atoms with van der Waals surface area (Å²) in [5, 5.41) is 14.1. The van der Waals surface area contributed by atoms with Crippen LogP contribution in [0.4, 0.5) is 0 Å². The number of aliphatic hydroxyl groups is 1. The van der Waals surface area contributed by atoms with E-state index in [2.05, 4.69) is 66.0 Å². The molecule has 0 fully saturated rings. The van der Waals surface area contributed by atoms with Gasteiger partial charge in [-0.1, -0.05) is 60.7 Å². The van der Waals surface area contributed by atoms with Crippen LogP contribution in [0.1, 0.15) is 36.8 Å². The van der Waals surface area contributed by atoms with Crippen molar-refractivity contribution in [2.45, 2.75) is 31.3 Å². The van der Waals surface area contributed by atoms with Crippen LogP contribution in [0.5, 0.6) is 11.5 Å². The molecule has 4 nitrogen and oxygen atoms in total. The monoisotopic (exact) mass is 419 g/mol. The second kappa shape index (κ2) is 11.5. The molecule has 0 aliphatic heterocycles. The topological polar surface area (TPSA) is 50.7 Å². The number of rotatable bonds is 12. The number of ether oxygens (including phenoxy) is 2. The van der Waals surface area contributed by atoms with E-state index in [1.807, 2.05) is 31.2 Å². The first-order valence-corrected chi connectivity index (χ1v) is 10.9. The molecule has 0 aromatic heterocycles. The Morgan fingerprint density at radius 2 is 1.39 bits per heavy atom. The van der Waals surface area contributed by atoms with Gasteiger partial charge in [-0.15, -0.1) is 0 Å². The summed E-state index contributed by atoms with van der Waals surface area (Å²) in [5.74, 6) is 1.91. The minimum absolute atomic E-state index is 0.332. The Bertz CT molecular complexity index is 840. The Hall–Kier alpha value is -2.82. The molecular weight excluding hydrogens is 386 g/mol. The van der Waals surface area contributed by atoms with Crippen molar-refractivity contribution in [1.82, 2.24) is 5.32 Å². The standard InChI is InChI=1S/C27H33NO3/c1-27(29,18-20-31-25-15-13-24(30-2)14-16-25)21-28-19-17-26(22-9-5-3-6-10-22)23-11-7-4-8-12-23/h3-16,26,28-29H,17-21H2,1-2H3. The van der Waals surface area contributed by atoms with Gasteiger partial charge in [-0.25, -0.2) is 0 Å². The van der Waals surface area contributed by atoms with Crippen LogP contribution in [0.25, 0.3) is 0 Å². The van der Waals surface area contributed by atoms with Gasteiger partial charge in [0.25, 0.3) is 0 Å². The summed E-state index contributed by atoms with van der Waals surface area (Å²) in [4.78, 5) is 0. The summed E-state index contributed by atoms with van der Waals surface area (Å²) in [6, 6.07) is 28.7. The highest BCUT2D eigenvalue weighted by molar-refractivity contribution is 5.32. The van der Waals surface area contributed by atoms with Crippen molar-refractivity contribution < 1.29 is 14.6 Å². The molecule has 0 saturated carbocycles. The average Bonchev–Trinajstić information content (AvgIpc) is 2.80. The molecule has 164 valence electrons. The van der Waals surface area contributed by atoms with Gasteiger partial charge in [-0.05, 0) is 55.3 Å². The van der Waals surface area contributed by atoms with Gasteiger partial charge in [-0.2, -0.15) is 0 Å². The molecule has 3 aromatic carbocycles. The Morgan fingerprint density at radius 1 is 0.839 bits per heavy atom. The Balaban J connectivity index is 1.45. The molecule has 2 N–H and O–H groups in total. The van der Waals surface area contributed by atoms with Crippen molar-refractivity contribution in [2.24, 2.45) is 0 Å². The smallest absolute Gasteiger partial charge is 0.119 e. The van der Waals surface area contributed by atoms with Gasteiger partial charge in [0.2, 0.25) is 0 Å². The third kappa shape index (κ3) is 7.42. The summed E-state index contributed by atoms with van der Waals surface area (Å²) >= 11 is 0. The summed E-state index contributed by atoms with van der Waals surface area (Å²) in [5.41, 5.74) is 1.80. The predicted octanol–water partition coefficient (Wildman–Crippen LogP) is 5.03. The molecule has 3 rings (SSSR count). The molecule has 0 spiro atoms. The lowest BCUT2D eigenvalue weighted by Crippen LogP contribution is -2.39. The highest BCUT2D eigenvalue weighted by Gasteiger charge is 2.20. The normalized spacial score (nSPS) is 13.0. The SMILES string of the molecule is COc1ccc(OCCC(C)(O)CNCCC(c2ccccc2)c2ccccc2)cc1. The Morgan fingerprint density at radius 3 is 1.94 bits per heavy atom. The summed E-state index contributed by atoms with van der Waals surface area (Å²) in [6.07, 6.45) is 1.51. The van der Waals surface area contributed by atoms with E-state index in [9.17, 15) is 5.11 Å². The van der Waals surface area contributed by atoms with Crippen molar-refractivity contribution >= 4 is 0 Å². The minimum Gasteiger partial charge on any atom is -0.497 e. The van der Waals surface area contributed by atoms with E-state index in [0.29, 0.717) is 25.5 Å². The summed E-state index contributed by atoms with van der Waals surface area (Å²) in [7, 11) is 1.64. The predicted molar refractivity (Wildman–Crippen MR) is 126 cm³/mol. The number of benzene rings is 3. The number of methoxy groups -OCH3 is 1. The third-order valence-electron chi connectivity index (χ3n) is 5.49. The van der Waals surface area contributed by atoms with E-state index in [1.165, 1.54) is 11.1 Å². The van der Waals surface area contributed by atoms with Crippen LogP contribution < -0.4 is 14.8 Å². The molecule has 0 radical (unpaired) electrons. The first-order valence-electron chi connectivity index (χ1n) is 10.9. The lowest BCUT2D eigenvalue weighted by atomic mass is 9.88. The molecule has 0 heterocycles. The third-order valence-corrected chi connectivity index (χ3v) is 5.49. The number of hydrogen-bond acceptors (Lipinski definition) is 4. The van der Waals surface area contributed by atoms with Crippen LogP contribution >= 0.6 is 0 Å². The van der Waals surface area contributed by atoms with Gasteiger partial charge in [0, 0.05) is 18.9 Å². The molecule has 4 heteroatoms.